The molecule has 2 rings (SSSR count). The predicted molar refractivity (Wildman–Crippen MR) is 97.1 cm³/mol. The standard InChI is InChI=1S/C18H26N2O5S/c1-18(2,3)13-7-9-14(10-8-13)26(23,24)20-11-5-6-15(20)17(22)19-12-16(21)25-4/h7-10,15H,5-6,11-12H2,1-4H3,(H,19,22)/t15-/m0/s1. The van der Waals surface area contributed by atoms with Crippen molar-refractivity contribution in [2.75, 3.05) is 20.2 Å². The van der Waals surface area contributed by atoms with Gasteiger partial charge in [-0.3, -0.25) is 9.59 Å². The molecule has 8 heteroatoms. The number of nitrogens with zero attached hydrogens (tertiary/aromatic N) is 1. The quantitative estimate of drug-likeness (QED) is 0.778. The van der Waals surface area contributed by atoms with Crippen LogP contribution in [0, 0.1) is 0 Å². The fraction of sp³-hybridized carbons (Fsp3) is 0.556. The number of nitrogens with one attached hydrogen (secondary N) is 1. The van der Waals surface area contributed by atoms with Gasteiger partial charge >= 0.3 is 5.97 Å². The van der Waals surface area contributed by atoms with Gasteiger partial charge in [-0.1, -0.05) is 32.9 Å². The van der Waals surface area contributed by atoms with Crippen LogP contribution < -0.4 is 5.32 Å². The van der Waals surface area contributed by atoms with Crippen molar-refractivity contribution in [1.29, 1.82) is 0 Å². The van der Waals surface area contributed by atoms with Crippen LogP contribution in [0.1, 0.15) is 39.2 Å². The Morgan fingerprint density at radius 3 is 2.38 bits per heavy atom. The Morgan fingerprint density at radius 2 is 1.85 bits per heavy atom. The molecule has 1 heterocycles. The fourth-order valence-electron chi connectivity index (χ4n) is 2.90. The van der Waals surface area contributed by atoms with E-state index in [4.69, 9.17) is 0 Å². The van der Waals surface area contributed by atoms with E-state index >= 15 is 0 Å². The van der Waals surface area contributed by atoms with E-state index in [9.17, 15) is 18.0 Å². The maximum absolute atomic E-state index is 13.0. The molecule has 0 bridgehead atoms. The number of methoxy groups -OCH3 is 1. The van der Waals surface area contributed by atoms with E-state index in [1.807, 2.05) is 0 Å². The molecule has 0 aromatic heterocycles. The highest BCUT2D eigenvalue weighted by Gasteiger charge is 2.39. The number of amides is 1. The monoisotopic (exact) mass is 382 g/mol. The molecule has 7 nitrogen and oxygen atoms in total. The first-order valence-corrected chi connectivity index (χ1v) is 9.98. The largest absolute Gasteiger partial charge is 0.468 e. The van der Waals surface area contributed by atoms with Gasteiger partial charge in [0.2, 0.25) is 15.9 Å². The minimum Gasteiger partial charge on any atom is -0.468 e. The topological polar surface area (TPSA) is 92.8 Å². The number of ether oxygens (including phenoxy) is 1. The van der Waals surface area contributed by atoms with Crippen LogP contribution in [-0.4, -0.2) is 50.8 Å². The first-order chi connectivity index (χ1) is 12.1. The van der Waals surface area contributed by atoms with Crippen LogP contribution in [0.4, 0.5) is 0 Å². The van der Waals surface area contributed by atoms with Crippen LogP contribution in [0.5, 0.6) is 0 Å². The highest BCUT2D eigenvalue weighted by atomic mass is 32.2. The third-order valence-corrected chi connectivity index (χ3v) is 6.39. The Hall–Kier alpha value is -1.93. The van der Waals surface area contributed by atoms with E-state index in [0.717, 1.165) is 5.56 Å². The van der Waals surface area contributed by atoms with Gasteiger partial charge in [-0.25, -0.2) is 8.42 Å². The Bertz CT molecular complexity index is 766. The molecule has 1 aromatic rings. The molecule has 1 fully saturated rings. The first-order valence-electron chi connectivity index (χ1n) is 8.54. The lowest BCUT2D eigenvalue weighted by Crippen LogP contribution is -2.47. The predicted octanol–water partition coefficient (Wildman–Crippen LogP) is 1.43. The van der Waals surface area contributed by atoms with Gasteiger partial charge in [-0.05, 0) is 36.0 Å². The molecule has 0 spiro atoms. The summed E-state index contributed by atoms with van der Waals surface area (Å²) in [4.78, 5) is 23.7. The molecule has 1 atom stereocenters. The Morgan fingerprint density at radius 1 is 1.23 bits per heavy atom. The SMILES string of the molecule is COC(=O)CNC(=O)[C@@H]1CCCN1S(=O)(=O)c1ccc(C(C)(C)C)cc1. The fourth-order valence-corrected chi connectivity index (χ4v) is 4.56. The van der Waals surface area contributed by atoms with Crippen molar-refractivity contribution >= 4 is 21.9 Å². The van der Waals surface area contributed by atoms with Crippen molar-refractivity contribution in [2.45, 2.75) is 50.0 Å². The van der Waals surface area contributed by atoms with Gasteiger partial charge in [-0.15, -0.1) is 0 Å². The normalized spacial score (nSPS) is 18.5. The van der Waals surface area contributed by atoms with E-state index in [2.05, 4.69) is 30.8 Å². The summed E-state index contributed by atoms with van der Waals surface area (Å²) < 4.78 is 31.6. The Balaban J connectivity index is 2.19. The second-order valence-corrected chi connectivity index (χ2v) is 9.23. The zero-order chi connectivity index (χ0) is 19.5. The van der Waals surface area contributed by atoms with Crippen LogP contribution in [0.2, 0.25) is 0 Å². The summed E-state index contributed by atoms with van der Waals surface area (Å²) in [5.41, 5.74) is 0.955. The summed E-state index contributed by atoms with van der Waals surface area (Å²) in [5, 5.41) is 2.44. The minimum atomic E-state index is -3.78. The maximum atomic E-state index is 13.0. The van der Waals surface area contributed by atoms with E-state index < -0.39 is 27.9 Å². The number of sulfonamides is 1. The number of hydrogen-bond donors (Lipinski definition) is 1. The van der Waals surface area contributed by atoms with Crippen LogP contribution in [-0.2, 0) is 29.8 Å². The zero-order valence-corrected chi connectivity index (χ0v) is 16.4. The second-order valence-electron chi connectivity index (χ2n) is 7.34. The van der Waals surface area contributed by atoms with Crippen molar-refractivity contribution < 1.29 is 22.7 Å². The van der Waals surface area contributed by atoms with Crippen LogP contribution >= 0.6 is 0 Å². The average molecular weight is 382 g/mol. The van der Waals surface area contributed by atoms with Crippen molar-refractivity contribution in [3.05, 3.63) is 29.8 Å². The molecule has 0 unspecified atom stereocenters. The maximum Gasteiger partial charge on any atom is 0.325 e. The average Bonchev–Trinajstić information content (AvgIpc) is 3.09. The Labute approximate surface area is 154 Å². The van der Waals surface area contributed by atoms with Crippen molar-refractivity contribution in [2.24, 2.45) is 0 Å². The molecule has 0 saturated carbocycles. The third-order valence-electron chi connectivity index (χ3n) is 4.47. The highest BCUT2D eigenvalue weighted by Crippen LogP contribution is 2.28. The summed E-state index contributed by atoms with van der Waals surface area (Å²) >= 11 is 0. The van der Waals surface area contributed by atoms with Crippen LogP contribution in [0.3, 0.4) is 0 Å². The number of carbonyl (C=O) groups is 2. The molecule has 1 amide bonds. The summed E-state index contributed by atoms with van der Waals surface area (Å²) in [6.45, 7) is 6.16. The van der Waals surface area contributed by atoms with Crippen molar-refractivity contribution in [1.82, 2.24) is 9.62 Å². The molecule has 0 aliphatic carbocycles. The summed E-state index contributed by atoms with van der Waals surface area (Å²) in [6, 6.07) is 5.95. The summed E-state index contributed by atoms with van der Waals surface area (Å²) in [6.07, 6.45) is 1.02. The molecule has 1 aliphatic rings. The van der Waals surface area contributed by atoms with E-state index in [1.165, 1.54) is 11.4 Å². The van der Waals surface area contributed by atoms with E-state index in [1.54, 1.807) is 24.3 Å². The van der Waals surface area contributed by atoms with Gasteiger partial charge in [-0.2, -0.15) is 4.31 Å². The molecular weight excluding hydrogens is 356 g/mol. The van der Waals surface area contributed by atoms with E-state index in [0.29, 0.717) is 12.8 Å². The number of benzene rings is 1. The molecular formula is C18H26N2O5S. The molecule has 0 radical (unpaired) electrons. The number of hydrogen-bond acceptors (Lipinski definition) is 5. The van der Waals surface area contributed by atoms with Gasteiger partial charge in [0.15, 0.2) is 0 Å². The van der Waals surface area contributed by atoms with Gasteiger partial charge in [0.05, 0.1) is 12.0 Å². The minimum absolute atomic E-state index is 0.0771. The summed E-state index contributed by atoms with van der Waals surface area (Å²) in [7, 11) is -2.56. The van der Waals surface area contributed by atoms with Crippen molar-refractivity contribution in [3.63, 3.8) is 0 Å². The Kier molecular flexibility index (Phi) is 6.08. The van der Waals surface area contributed by atoms with Gasteiger partial charge in [0.1, 0.15) is 12.6 Å². The third kappa shape index (κ3) is 4.42. The van der Waals surface area contributed by atoms with Gasteiger partial charge < -0.3 is 10.1 Å². The van der Waals surface area contributed by atoms with Gasteiger partial charge in [0, 0.05) is 6.54 Å². The molecule has 26 heavy (non-hydrogen) atoms. The molecule has 1 aliphatic heterocycles. The highest BCUT2D eigenvalue weighted by molar-refractivity contribution is 7.89. The number of carbonyl (C=O) groups excluding carboxylic acids is 2. The van der Waals surface area contributed by atoms with Crippen LogP contribution in [0.15, 0.2) is 29.2 Å². The van der Waals surface area contributed by atoms with E-state index in [-0.39, 0.29) is 23.4 Å². The molecule has 1 aromatic carbocycles. The molecule has 1 saturated heterocycles. The van der Waals surface area contributed by atoms with Gasteiger partial charge in [0.25, 0.3) is 0 Å². The number of rotatable bonds is 5. The van der Waals surface area contributed by atoms with Crippen molar-refractivity contribution in [3.8, 4) is 0 Å². The lowest BCUT2D eigenvalue weighted by atomic mass is 9.87. The lowest BCUT2D eigenvalue weighted by molar-refractivity contribution is -0.141. The first kappa shape index (κ1) is 20.4. The van der Waals surface area contributed by atoms with Crippen LogP contribution in [0.25, 0.3) is 0 Å². The smallest absolute Gasteiger partial charge is 0.325 e. The molecule has 144 valence electrons. The number of esters is 1. The molecule has 1 N–H and O–H groups in total. The summed E-state index contributed by atoms with van der Waals surface area (Å²) in [5.74, 6) is -1.06. The lowest BCUT2D eigenvalue weighted by Gasteiger charge is -2.24. The second kappa shape index (κ2) is 7.75. The zero-order valence-electron chi connectivity index (χ0n) is 15.6.